The number of rotatable bonds is 6. The quantitative estimate of drug-likeness (QED) is 0.645. The van der Waals surface area contributed by atoms with Crippen molar-refractivity contribution in [3.05, 3.63) is 29.8 Å². The van der Waals surface area contributed by atoms with Gasteiger partial charge in [0.05, 0.1) is 18.4 Å². The topological polar surface area (TPSA) is 122 Å². The molecule has 2 N–H and O–H groups in total. The van der Waals surface area contributed by atoms with Crippen LogP contribution < -0.4 is 10.0 Å². The van der Waals surface area contributed by atoms with E-state index in [1.54, 1.807) is 13.8 Å². The van der Waals surface area contributed by atoms with Crippen LogP contribution in [0.15, 0.2) is 29.2 Å². The molecule has 1 unspecified atom stereocenters. The van der Waals surface area contributed by atoms with Crippen molar-refractivity contribution >= 4 is 27.8 Å². The first kappa shape index (κ1) is 20.8. The molecule has 1 atom stereocenters. The molecule has 1 aromatic rings. The Morgan fingerprint density at radius 2 is 1.93 bits per heavy atom. The fourth-order valence-corrected chi connectivity index (χ4v) is 3.97. The lowest BCUT2D eigenvalue weighted by Gasteiger charge is -2.34. The number of esters is 1. The molecular weight excluding hydrogens is 374 g/mol. The monoisotopic (exact) mass is 397 g/mol. The Morgan fingerprint density at radius 3 is 2.48 bits per heavy atom. The summed E-state index contributed by atoms with van der Waals surface area (Å²) in [6.45, 7) is 3.92. The molecule has 27 heavy (non-hydrogen) atoms. The van der Waals surface area contributed by atoms with Crippen LogP contribution in [0.5, 0.6) is 0 Å². The predicted molar refractivity (Wildman–Crippen MR) is 96.4 cm³/mol. The maximum atomic E-state index is 12.8. The van der Waals surface area contributed by atoms with Crippen LogP contribution in [-0.2, 0) is 24.3 Å². The Morgan fingerprint density at radius 1 is 1.30 bits per heavy atom. The van der Waals surface area contributed by atoms with Gasteiger partial charge >= 0.3 is 5.97 Å². The van der Waals surface area contributed by atoms with Crippen molar-refractivity contribution in [1.29, 1.82) is 0 Å². The number of ether oxygens (including phenoxy) is 1. The van der Waals surface area contributed by atoms with Crippen molar-refractivity contribution in [2.75, 3.05) is 20.2 Å². The molecule has 1 aliphatic rings. The molecule has 0 radical (unpaired) electrons. The van der Waals surface area contributed by atoms with E-state index in [4.69, 9.17) is 0 Å². The highest BCUT2D eigenvalue weighted by molar-refractivity contribution is 7.89. The highest BCUT2D eigenvalue weighted by atomic mass is 32.2. The smallest absolute Gasteiger partial charge is 0.308 e. The van der Waals surface area contributed by atoms with Gasteiger partial charge in [0.2, 0.25) is 15.9 Å². The largest absolute Gasteiger partial charge is 0.469 e. The van der Waals surface area contributed by atoms with Crippen LogP contribution in [-0.4, -0.2) is 63.4 Å². The summed E-state index contributed by atoms with van der Waals surface area (Å²) >= 11 is 0. The molecule has 1 fully saturated rings. The van der Waals surface area contributed by atoms with Crippen LogP contribution in [0.25, 0.3) is 0 Å². The van der Waals surface area contributed by atoms with E-state index in [0.29, 0.717) is 0 Å². The Kier molecular flexibility index (Phi) is 6.55. The normalized spacial score (nSPS) is 17.6. The van der Waals surface area contributed by atoms with E-state index in [0.717, 1.165) is 0 Å². The minimum absolute atomic E-state index is 0.0373. The third-order valence-electron chi connectivity index (χ3n) is 3.98. The molecule has 0 spiro atoms. The maximum Gasteiger partial charge on any atom is 0.308 e. The number of benzene rings is 1. The van der Waals surface area contributed by atoms with Gasteiger partial charge in [-0.25, -0.2) is 13.1 Å². The summed E-state index contributed by atoms with van der Waals surface area (Å²) in [4.78, 5) is 37.8. The number of hydrogen-bond donors (Lipinski definition) is 2. The van der Waals surface area contributed by atoms with E-state index >= 15 is 0 Å². The lowest BCUT2D eigenvalue weighted by atomic mass is 10.1. The van der Waals surface area contributed by atoms with Gasteiger partial charge in [-0.2, -0.15) is 0 Å². The fraction of sp³-hybridized carbons (Fsp3) is 0.471. The average Bonchev–Trinajstić information content (AvgIpc) is 2.61. The second-order valence-corrected chi connectivity index (χ2v) is 8.10. The Bertz CT molecular complexity index is 820. The number of methoxy groups -OCH3 is 1. The number of hydrogen-bond acceptors (Lipinski definition) is 6. The zero-order valence-corrected chi connectivity index (χ0v) is 16.2. The molecular formula is C17H23N3O6S. The molecule has 1 heterocycles. The van der Waals surface area contributed by atoms with E-state index in [9.17, 15) is 22.8 Å². The predicted octanol–water partition coefficient (Wildman–Crippen LogP) is -0.123. The van der Waals surface area contributed by atoms with Crippen molar-refractivity contribution in [3.8, 4) is 0 Å². The zero-order chi connectivity index (χ0) is 20.2. The molecule has 0 saturated carbocycles. The lowest BCUT2D eigenvalue weighted by Crippen LogP contribution is -2.57. The van der Waals surface area contributed by atoms with Gasteiger partial charge in [0, 0.05) is 24.7 Å². The molecule has 1 saturated heterocycles. The van der Waals surface area contributed by atoms with Gasteiger partial charge in [-0.15, -0.1) is 0 Å². The van der Waals surface area contributed by atoms with Gasteiger partial charge in [0.15, 0.2) is 0 Å². The summed E-state index contributed by atoms with van der Waals surface area (Å²) in [5, 5.41) is 2.62. The third-order valence-corrected chi connectivity index (χ3v) is 5.66. The van der Waals surface area contributed by atoms with E-state index < -0.39 is 33.8 Å². The van der Waals surface area contributed by atoms with Crippen LogP contribution in [0.2, 0.25) is 0 Å². The van der Waals surface area contributed by atoms with E-state index in [2.05, 4.69) is 14.8 Å². The van der Waals surface area contributed by atoms with Crippen LogP contribution in [0.4, 0.5) is 0 Å². The molecule has 2 rings (SSSR count). The Balaban J connectivity index is 2.22. The van der Waals surface area contributed by atoms with Gasteiger partial charge < -0.3 is 15.0 Å². The van der Waals surface area contributed by atoms with Crippen molar-refractivity contribution in [2.24, 2.45) is 0 Å². The Labute approximate surface area is 158 Å². The Hall–Kier alpha value is -2.46. The van der Waals surface area contributed by atoms with Gasteiger partial charge in [0.25, 0.3) is 5.91 Å². The zero-order valence-electron chi connectivity index (χ0n) is 15.4. The molecule has 9 nitrogen and oxygen atoms in total. The molecule has 0 aliphatic carbocycles. The first-order valence-electron chi connectivity index (χ1n) is 8.43. The fourth-order valence-electron chi connectivity index (χ4n) is 2.72. The van der Waals surface area contributed by atoms with Gasteiger partial charge in [-0.3, -0.25) is 14.4 Å². The molecule has 0 aromatic heterocycles. The number of piperazine rings is 1. The summed E-state index contributed by atoms with van der Waals surface area (Å²) in [7, 11) is -2.46. The summed E-state index contributed by atoms with van der Waals surface area (Å²) in [6, 6.07) is 4.21. The summed E-state index contributed by atoms with van der Waals surface area (Å²) < 4.78 is 31.4. The summed E-state index contributed by atoms with van der Waals surface area (Å²) in [5.74, 6) is -1.49. The first-order valence-corrected chi connectivity index (χ1v) is 9.92. The number of nitrogens with one attached hydrogen (secondary N) is 2. The summed E-state index contributed by atoms with van der Waals surface area (Å²) in [5.41, 5.74) is 0.225. The number of nitrogens with zero attached hydrogens (tertiary/aromatic N) is 1. The van der Waals surface area contributed by atoms with Crippen molar-refractivity contribution in [2.45, 2.75) is 37.2 Å². The molecule has 1 aliphatic heterocycles. The van der Waals surface area contributed by atoms with Crippen LogP contribution in [0.3, 0.4) is 0 Å². The maximum absolute atomic E-state index is 12.8. The standard InChI is InChI=1S/C17H23N3O6S/c1-11(2)19-27(24,25)13-6-4-12(5-7-13)17(23)20-9-8-18-16(22)14(20)10-15(21)26-3/h4-7,11,14,19H,8-10H2,1-3H3,(H,18,22). The second-order valence-electron chi connectivity index (χ2n) is 6.39. The first-order chi connectivity index (χ1) is 12.7. The third kappa shape index (κ3) is 5.04. The number of carbonyl (C=O) groups is 3. The second kappa shape index (κ2) is 8.49. The molecule has 148 valence electrons. The molecule has 10 heteroatoms. The SMILES string of the molecule is COC(=O)CC1C(=O)NCCN1C(=O)c1ccc(S(=O)(=O)NC(C)C)cc1. The molecule has 0 bridgehead atoms. The highest BCUT2D eigenvalue weighted by Gasteiger charge is 2.35. The van der Waals surface area contributed by atoms with Crippen LogP contribution >= 0.6 is 0 Å². The number of sulfonamides is 1. The van der Waals surface area contributed by atoms with E-state index in [1.807, 2.05) is 0 Å². The summed E-state index contributed by atoms with van der Waals surface area (Å²) in [6.07, 6.45) is -0.251. The van der Waals surface area contributed by atoms with Gasteiger partial charge in [-0.1, -0.05) is 0 Å². The molecule has 1 aromatic carbocycles. The lowest BCUT2D eigenvalue weighted by molar-refractivity contribution is -0.145. The highest BCUT2D eigenvalue weighted by Crippen LogP contribution is 2.17. The van der Waals surface area contributed by atoms with Gasteiger partial charge in [0.1, 0.15) is 6.04 Å². The van der Waals surface area contributed by atoms with Crippen molar-refractivity contribution in [3.63, 3.8) is 0 Å². The minimum Gasteiger partial charge on any atom is -0.469 e. The van der Waals surface area contributed by atoms with Crippen molar-refractivity contribution in [1.82, 2.24) is 14.9 Å². The van der Waals surface area contributed by atoms with Crippen LogP contribution in [0.1, 0.15) is 30.6 Å². The van der Waals surface area contributed by atoms with Crippen molar-refractivity contribution < 1.29 is 27.5 Å². The van der Waals surface area contributed by atoms with E-state index in [-0.39, 0.29) is 36.0 Å². The molecule has 2 amide bonds. The van der Waals surface area contributed by atoms with Gasteiger partial charge in [-0.05, 0) is 38.1 Å². The van der Waals surface area contributed by atoms with Crippen LogP contribution in [0, 0.1) is 0 Å². The minimum atomic E-state index is -3.67. The number of carbonyl (C=O) groups excluding carboxylic acids is 3. The average molecular weight is 397 g/mol. The number of amides is 2. The van der Waals surface area contributed by atoms with E-state index in [1.165, 1.54) is 36.3 Å².